The van der Waals surface area contributed by atoms with Gasteiger partial charge in [-0.25, -0.2) is 9.97 Å². The van der Waals surface area contributed by atoms with Gasteiger partial charge in [-0.2, -0.15) is 0 Å². The van der Waals surface area contributed by atoms with Gasteiger partial charge in [-0.05, 0) is 103 Å². The van der Waals surface area contributed by atoms with E-state index in [1.807, 2.05) is 11.8 Å². The zero-order valence-electron chi connectivity index (χ0n) is 22.4. The summed E-state index contributed by atoms with van der Waals surface area (Å²) in [5.41, 5.74) is 14.5. The summed E-state index contributed by atoms with van der Waals surface area (Å²) in [5, 5.41) is 0. The summed E-state index contributed by atoms with van der Waals surface area (Å²) in [4.78, 5) is 34.8. The van der Waals surface area contributed by atoms with Crippen molar-refractivity contribution < 1.29 is 14.3 Å². The van der Waals surface area contributed by atoms with E-state index in [9.17, 15) is 9.59 Å². The van der Waals surface area contributed by atoms with Gasteiger partial charge >= 0.3 is 0 Å². The van der Waals surface area contributed by atoms with Gasteiger partial charge in [0.05, 0.1) is 11.3 Å². The molecule has 2 amide bonds. The summed E-state index contributed by atoms with van der Waals surface area (Å²) >= 11 is 0. The Kier molecular flexibility index (Phi) is 10.7. The van der Waals surface area contributed by atoms with Crippen LogP contribution in [-0.2, 0) is 9.59 Å². The second-order valence-corrected chi connectivity index (χ2v) is 10.5. The number of aromatic nitrogens is 2. The molecule has 4 rings (SSSR count). The molecule has 2 aliphatic carbocycles. The normalized spacial score (nSPS) is 23.9. The van der Waals surface area contributed by atoms with Crippen molar-refractivity contribution in [3.63, 3.8) is 0 Å². The maximum atomic E-state index is 12.4. The SMILES string of the molecule is CC1=C(c2c(C)ncnc2OC2CCC(CCC(=O)N3CCCC3)CC2)[C@@H](CCC(N)=O)CC1.CN. The van der Waals surface area contributed by atoms with Crippen LogP contribution in [0.5, 0.6) is 5.88 Å². The Labute approximate surface area is 216 Å². The number of carbonyl (C=O) groups excluding carboxylic acids is 2. The summed E-state index contributed by atoms with van der Waals surface area (Å²) in [6, 6.07) is 0. The maximum absolute atomic E-state index is 12.4. The lowest BCUT2D eigenvalue weighted by Gasteiger charge is -2.30. The lowest BCUT2D eigenvalue weighted by molar-refractivity contribution is -0.130. The molecular formula is C28H45N5O3. The molecule has 200 valence electrons. The zero-order valence-corrected chi connectivity index (χ0v) is 22.4. The highest BCUT2D eigenvalue weighted by Gasteiger charge is 2.31. The number of hydrogen-bond acceptors (Lipinski definition) is 6. The average Bonchev–Trinajstić information content (AvgIpc) is 3.54. The van der Waals surface area contributed by atoms with Gasteiger partial charge in [-0.3, -0.25) is 9.59 Å². The van der Waals surface area contributed by atoms with Gasteiger partial charge in [0.25, 0.3) is 0 Å². The van der Waals surface area contributed by atoms with E-state index in [1.54, 1.807) is 6.33 Å². The molecule has 8 heteroatoms. The molecule has 0 bridgehead atoms. The highest BCUT2D eigenvalue weighted by Crippen LogP contribution is 2.45. The fourth-order valence-electron chi connectivity index (χ4n) is 6.04. The van der Waals surface area contributed by atoms with E-state index in [0.717, 1.165) is 88.6 Å². The number of aryl methyl sites for hydroxylation is 1. The second kappa shape index (κ2) is 13.7. The molecule has 0 unspecified atom stereocenters. The lowest BCUT2D eigenvalue weighted by Crippen LogP contribution is -2.29. The van der Waals surface area contributed by atoms with Gasteiger partial charge in [0, 0.05) is 25.9 Å². The molecule has 1 atom stereocenters. The van der Waals surface area contributed by atoms with Crippen molar-refractivity contribution in [3.05, 3.63) is 23.2 Å². The van der Waals surface area contributed by atoms with Gasteiger partial charge in [-0.15, -0.1) is 0 Å². The summed E-state index contributed by atoms with van der Waals surface area (Å²) in [7, 11) is 1.50. The van der Waals surface area contributed by atoms with Gasteiger partial charge in [0.1, 0.15) is 12.4 Å². The van der Waals surface area contributed by atoms with Crippen LogP contribution in [0.1, 0.15) is 95.2 Å². The van der Waals surface area contributed by atoms with Crippen LogP contribution in [0, 0.1) is 18.8 Å². The molecule has 1 aliphatic heterocycles. The minimum atomic E-state index is -0.250. The summed E-state index contributed by atoms with van der Waals surface area (Å²) in [5.74, 6) is 1.67. The molecule has 4 N–H and O–H groups in total. The monoisotopic (exact) mass is 499 g/mol. The number of allylic oxidation sites excluding steroid dienone is 2. The number of nitrogens with two attached hydrogens (primary N) is 2. The maximum Gasteiger partial charge on any atom is 0.224 e. The van der Waals surface area contributed by atoms with E-state index < -0.39 is 0 Å². The molecule has 1 saturated carbocycles. The Morgan fingerprint density at radius 3 is 2.36 bits per heavy atom. The highest BCUT2D eigenvalue weighted by molar-refractivity contribution is 5.78. The molecule has 2 fully saturated rings. The third-order valence-electron chi connectivity index (χ3n) is 8.04. The van der Waals surface area contributed by atoms with Gasteiger partial charge < -0.3 is 21.1 Å². The van der Waals surface area contributed by atoms with Crippen molar-refractivity contribution in [1.29, 1.82) is 0 Å². The molecule has 0 spiro atoms. The van der Waals surface area contributed by atoms with Crippen molar-refractivity contribution >= 4 is 17.4 Å². The molecule has 1 saturated heterocycles. The van der Waals surface area contributed by atoms with Crippen molar-refractivity contribution in [2.45, 2.75) is 97.0 Å². The quantitative estimate of drug-likeness (QED) is 0.526. The fourth-order valence-corrected chi connectivity index (χ4v) is 6.04. The van der Waals surface area contributed by atoms with Crippen LogP contribution >= 0.6 is 0 Å². The lowest BCUT2D eigenvalue weighted by atomic mass is 9.84. The number of likely N-dealkylation sites (tertiary alicyclic amines) is 1. The van der Waals surface area contributed by atoms with Crippen LogP contribution in [0.4, 0.5) is 0 Å². The van der Waals surface area contributed by atoms with Crippen LogP contribution in [0.2, 0.25) is 0 Å². The van der Waals surface area contributed by atoms with E-state index in [2.05, 4.69) is 22.6 Å². The third kappa shape index (κ3) is 7.28. The van der Waals surface area contributed by atoms with E-state index in [0.29, 0.717) is 36.5 Å². The molecule has 36 heavy (non-hydrogen) atoms. The first-order valence-electron chi connectivity index (χ1n) is 13.7. The second-order valence-electron chi connectivity index (χ2n) is 10.5. The number of nitrogens with zero attached hydrogens (tertiary/aromatic N) is 3. The van der Waals surface area contributed by atoms with Crippen LogP contribution in [0.25, 0.3) is 5.57 Å². The van der Waals surface area contributed by atoms with Crippen LogP contribution < -0.4 is 16.2 Å². The van der Waals surface area contributed by atoms with Crippen molar-refractivity contribution in [1.82, 2.24) is 14.9 Å². The molecular weight excluding hydrogens is 454 g/mol. The molecule has 1 aromatic heterocycles. The summed E-state index contributed by atoms with van der Waals surface area (Å²) < 4.78 is 6.51. The minimum absolute atomic E-state index is 0.143. The van der Waals surface area contributed by atoms with Crippen molar-refractivity contribution in [3.8, 4) is 5.88 Å². The van der Waals surface area contributed by atoms with Crippen LogP contribution in [-0.4, -0.2) is 52.9 Å². The highest BCUT2D eigenvalue weighted by atomic mass is 16.5. The van der Waals surface area contributed by atoms with E-state index in [4.69, 9.17) is 10.5 Å². The first kappa shape index (κ1) is 28.1. The Bertz CT molecular complexity index is 918. The van der Waals surface area contributed by atoms with Gasteiger partial charge in [0.15, 0.2) is 0 Å². The zero-order chi connectivity index (χ0) is 26.1. The van der Waals surface area contributed by atoms with Gasteiger partial charge in [0.2, 0.25) is 17.7 Å². The predicted octanol–water partition coefficient (Wildman–Crippen LogP) is 4.15. The molecule has 1 aromatic rings. The summed E-state index contributed by atoms with van der Waals surface area (Å²) in [6.07, 6.45) is 13.1. The topological polar surface area (TPSA) is 124 Å². The van der Waals surface area contributed by atoms with Crippen molar-refractivity contribution in [2.24, 2.45) is 23.3 Å². The Hall–Kier alpha value is -2.48. The van der Waals surface area contributed by atoms with E-state index in [1.165, 1.54) is 18.2 Å². The smallest absolute Gasteiger partial charge is 0.224 e. The first-order valence-corrected chi connectivity index (χ1v) is 13.7. The molecule has 0 radical (unpaired) electrons. The van der Waals surface area contributed by atoms with Gasteiger partial charge in [-0.1, -0.05) is 5.57 Å². The fraction of sp³-hybridized carbons (Fsp3) is 0.714. The Morgan fingerprint density at radius 2 is 1.69 bits per heavy atom. The van der Waals surface area contributed by atoms with Crippen molar-refractivity contribution in [2.75, 3.05) is 20.1 Å². The van der Waals surface area contributed by atoms with E-state index >= 15 is 0 Å². The number of amides is 2. The number of carbonyl (C=O) groups is 2. The molecule has 2 heterocycles. The minimum Gasteiger partial charge on any atom is -0.474 e. The number of ether oxygens (including phenoxy) is 1. The molecule has 0 aromatic carbocycles. The Morgan fingerprint density at radius 1 is 1.00 bits per heavy atom. The number of rotatable bonds is 9. The standard InChI is InChI=1S/C27H40N4O3.CH5N/c1-18-5-9-21(10-13-23(28)32)25(18)26-19(2)29-17-30-27(26)34-22-11-6-20(7-12-22)8-14-24(33)31-15-3-4-16-31;1-2/h17,20-22H,3-16H2,1-2H3,(H2,28,32);2H2,1H3/t20?,21-,22?;/m1./s1. The largest absolute Gasteiger partial charge is 0.474 e. The first-order chi connectivity index (χ1) is 17.4. The van der Waals surface area contributed by atoms with Crippen LogP contribution in [0.15, 0.2) is 11.9 Å². The average molecular weight is 500 g/mol. The van der Waals surface area contributed by atoms with Crippen LogP contribution in [0.3, 0.4) is 0 Å². The number of hydrogen-bond donors (Lipinski definition) is 2. The third-order valence-corrected chi connectivity index (χ3v) is 8.04. The summed E-state index contributed by atoms with van der Waals surface area (Å²) in [6.45, 7) is 6.07. The molecule has 8 nitrogen and oxygen atoms in total. The molecule has 3 aliphatic rings. The Balaban J connectivity index is 0.00000176. The predicted molar refractivity (Wildman–Crippen MR) is 142 cm³/mol. The van der Waals surface area contributed by atoms with E-state index in [-0.39, 0.29) is 12.0 Å². The number of primary amides is 1.